The van der Waals surface area contributed by atoms with Gasteiger partial charge in [-0.05, 0) is 23.8 Å². The number of nitrogens with zero attached hydrogens (tertiary/aromatic N) is 1. The van der Waals surface area contributed by atoms with E-state index in [2.05, 4.69) is 6.07 Å². The number of nitriles is 1. The molecule has 0 radical (unpaired) electrons. The number of thioether (sulfide) groups is 1. The van der Waals surface area contributed by atoms with Crippen LogP contribution in [0, 0.1) is 11.3 Å². The maximum Gasteiger partial charge on any atom is 0.335 e. The second kappa shape index (κ2) is 6.07. The van der Waals surface area contributed by atoms with Crippen LogP contribution in [0.2, 0.25) is 0 Å². The van der Waals surface area contributed by atoms with Crippen LogP contribution >= 0.6 is 11.8 Å². The van der Waals surface area contributed by atoms with E-state index in [9.17, 15) is 4.79 Å². The van der Waals surface area contributed by atoms with Gasteiger partial charge in [-0.1, -0.05) is 30.3 Å². The van der Waals surface area contributed by atoms with Crippen molar-refractivity contribution < 1.29 is 9.90 Å². The van der Waals surface area contributed by atoms with E-state index in [1.54, 1.807) is 12.1 Å². The number of hydrogen-bond donors (Lipinski definition) is 1. The van der Waals surface area contributed by atoms with Gasteiger partial charge in [0, 0.05) is 10.6 Å². The van der Waals surface area contributed by atoms with Crippen molar-refractivity contribution in [3.63, 3.8) is 0 Å². The maximum atomic E-state index is 10.9. The first-order chi connectivity index (χ1) is 9.20. The molecule has 0 saturated carbocycles. The first-order valence-corrected chi connectivity index (χ1v) is 6.63. The average molecular weight is 269 g/mol. The molecule has 0 unspecified atom stereocenters. The van der Waals surface area contributed by atoms with E-state index < -0.39 is 5.97 Å². The lowest BCUT2D eigenvalue weighted by Gasteiger charge is -2.05. The summed E-state index contributed by atoms with van der Waals surface area (Å²) in [6.45, 7) is 0. The molecule has 0 aliphatic carbocycles. The molecular weight excluding hydrogens is 258 g/mol. The van der Waals surface area contributed by atoms with Gasteiger partial charge in [-0.25, -0.2) is 4.79 Å². The van der Waals surface area contributed by atoms with Crippen LogP contribution < -0.4 is 0 Å². The fourth-order valence-electron chi connectivity index (χ4n) is 1.60. The van der Waals surface area contributed by atoms with E-state index in [4.69, 9.17) is 10.4 Å². The highest BCUT2D eigenvalue weighted by atomic mass is 32.2. The molecule has 0 saturated heterocycles. The number of carboxylic acid groups (broad SMARTS) is 1. The van der Waals surface area contributed by atoms with E-state index in [1.807, 2.05) is 30.3 Å². The van der Waals surface area contributed by atoms with Crippen LogP contribution in [0.5, 0.6) is 0 Å². The molecule has 1 N–H and O–H groups in total. The lowest BCUT2D eigenvalue weighted by atomic mass is 10.1. The third-order valence-electron chi connectivity index (χ3n) is 2.59. The van der Waals surface area contributed by atoms with Gasteiger partial charge in [0.05, 0.1) is 11.1 Å². The zero-order valence-electron chi connectivity index (χ0n) is 10.0. The standard InChI is InChI=1S/C15H11NO2S/c16-9-13-7-6-12(15(17)18)8-14(13)19-10-11-4-2-1-3-5-11/h1-8H,10H2,(H,17,18). The van der Waals surface area contributed by atoms with Gasteiger partial charge in [0.2, 0.25) is 0 Å². The summed E-state index contributed by atoms with van der Waals surface area (Å²) >= 11 is 1.47. The van der Waals surface area contributed by atoms with Crippen molar-refractivity contribution in [3.05, 3.63) is 65.2 Å². The van der Waals surface area contributed by atoms with Crippen LogP contribution in [0.15, 0.2) is 53.4 Å². The highest BCUT2D eigenvalue weighted by Gasteiger charge is 2.09. The number of rotatable bonds is 4. The smallest absolute Gasteiger partial charge is 0.335 e. The molecule has 0 atom stereocenters. The molecule has 4 heteroatoms. The molecule has 2 aromatic carbocycles. The molecule has 0 bridgehead atoms. The topological polar surface area (TPSA) is 61.1 Å². The van der Waals surface area contributed by atoms with E-state index in [-0.39, 0.29) is 5.56 Å². The van der Waals surface area contributed by atoms with Gasteiger partial charge in [-0.3, -0.25) is 0 Å². The molecule has 0 amide bonds. The second-order valence-electron chi connectivity index (χ2n) is 3.90. The molecule has 2 rings (SSSR count). The van der Waals surface area contributed by atoms with E-state index in [0.717, 1.165) is 5.56 Å². The van der Waals surface area contributed by atoms with E-state index >= 15 is 0 Å². The fourth-order valence-corrected chi connectivity index (χ4v) is 2.60. The molecule has 3 nitrogen and oxygen atoms in total. The van der Waals surface area contributed by atoms with Crippen molar-refractivity contribution in [2.75, 3.05) is 0 Å². The maximum absolute atomic E-state index is 10.9. The minimum atomic E-state index is -0.981. The molecular formula is C15H11NO2S. The SMILES string of the molecule is N#Cc1ccc(C(=O)O)cc1SCc1ccccc1. The van der Waals surface area contributed by atoms with Crippen molar-refractivity contribution in [3.8, 4) is 6.07 Å². The number of aromatic carboxylic acids is 1. The van der Waals surface area contributed by atoms with E-state index in [0.29, 0.717) is 16.2 Å². The number of hydrogen-bond acceptors (Lipinski definition) is 3. The summed E-state index contributed by atoms with van der Waals surface area (Å²) in [5, 5.41) is 18.0. The molecule has 2 aromatic rings. The summed E-state index contributed by atoms with van der Waals surface area (Å²) in [5.74, 6) is -0.274. The summed E-state index contributed by atoms with van der Waals surface area (Å²) in [6, 6.07) is 16.5. The third kappa shape index (κ3) is 3.36. The van der Waals surface area contributed by atoms with Crippen LogP contribution in [0.4, 0.5) is 0 Å². The van der Waals surface area contributed by atoms with Gasteiger partial charge >= 0.3 is 5.97 Å². The third-order valence-corrected chi connectivity index (χ3v) is 3.71. The zero-order valence-corrected chi connectivity index (χ0v) is 10.9. The Labute approximate surface area is 115 Å². The minimum absolute atomic E-state index is 0.203. The van der Waals surface area contributed by atoms with Crippen LogP contribution in [0.3, 0.4) is 0 Å². The minimum Gasteiger partial charge on any atom is -0.478 e. The number of carboxylic acids is 1. The van der Waals surface area contributed by atoms with Gasteiger partial charge in [0.15, 0.2) is 0 Å². The van der Waals surface area contributed by atoms with Gasteiger partial charge in [0.1, 0.15) is 6.07 Å². The molecule has 94 valence electrons. The highest BCUT2D eigenvalue weighted by molar-refractivity contribution is 7.98. The Kier molecular flexibility index (Phi) is 4.22. The average Bonchev–Trinajstić information content (AvgIpc) is 2.45. The Morgan fingerprint density at radius 2 is 1.95 bits per heavy atom. The Morgan fingerprint density at radius 1 is 1.21 bits per heavy atom. The van der Waals surface area contributed by atoms with Crippen molar-refractivity contribution in [1.82, 2.24) is 0 Å². The number of benzene rings is 2. The summed E-state index contributed by atoms with van der Waals surface area (Å²) in [6.07, 6.45) is 0. The van der Waals surface area contributed by atoms with Crippen LogP contribution in [-0.4, -0.2) is 11.1 Å². The molecule has 0 aromatic heterocycles. The summed E-state index contributed by atoms with van der Waals surface area (Å²) in [5.41, 5.74) is 1.85. The lowest BCUT2D eigenvalue weighted by Crippen LogP contribution is -1.97. The Hall–Kier alpha value is -2.25. The Bertz CT molecular complexity index is 632. The first kappa shape index (κ1) is 13.2. The normalized spacial score (nSPS) is 9.84. The van der Waals surface area contributed by atoms with Gasteiger partial charge in [0.25, 0.3) is 0 Å². The zero-order chi connectivity index (χ0) is 13.7. The predicted molar refractivity (Wildman–Crippen MR) is 74.1 cm³/mol. The van der Waals surface area contributed by atoms with Crippen LogP contribution in [0.1, 0.15) is 21.5 Å². The van der Waals surface area contributed by atoms with Gasteiger partial charge in [-0.2, -0.15) is 5.26 Å². The van der Waals surface area contributed by atoms with Crippen molar-refractivity contribution >= 4 is 17.7 Å². The quantitative estimate of drug-likeness (QED) is 0.862. The number of carbonyl (C=O) groups is 1. The van der Waals surface area contributed by atoms with Crippen molar-refractivity contribution in [2.24, 2.45) is 0 Å². The molecule has 19 heavy (non-hydrogen) atoms. The van der Waals surface area contributed by atoms with Crippen molar-refractivity contribution in [2.45, 2.75) is 10.6 Å². The summed E-state index contributed by atoms with van der Waals surface area (Å²) < 4.78 is 0. The fraction of sp³-hybridized carbons (Fsp3) is 0.0667. The molecule has 0 heterocycles. The van der Waals surface area contributed by atoms with Gasteiger partial charge in [-0.15, -0.1) is 11.8 Å². The van der Waals surface area contributed by atoms with Crippen LogP contribution in [0.25, 0.3) is 0 Å². The molecule has 0 aliphatic rings. The Morgan fingerprint density at radius 3 is 2.58 bits per heavy atom. The van der Waals surface area contributed by atoms with Gasteiger partial charge < -0.3 is 5.11 Å². The van der Waals surface area contributed by atoms with Crippen LogP contribution in [-0.2, 0) is 5.75 Å². The monoisotopic (exact) mass is 269 g/mol. The largest absolute Gasteiger partial charge is 0.478 e. The lowest BCUT2D eigenvalue weighted by molar-refractivity contribution is 0.0696. The highest BCUT2D eigenvalue weighted by Crippen LogP contribution is 2.27. The van der Waals surface area contributed by atoms with E-state index in [1.165, 1.54) is 17.8 Å². The predicted octanol–water partition coefficient (Wildman–Crippen LogP) is 3.55. The van der Waals surface area contributed by atoms with Crippen molar-refractivity contribution in [1.29, 1.82) is 5.26 Å². The Balaban J connectivity index is 2.21. The summed E-state index contributed by atoms with van der Waals surface area (Å²) in [7, 11) is 0. The molecule has 0 aliphatic heterocycles. The first-order valence-electron chi connectivity index (χ1n) is 5.65. The second-order valence-corrected chi connectivity index (χ2v) is 4.92. The molecule has 0 spiro atoms. The summed E-state index contributed by atoms with van der Waals surface area (Å²) in [4.78, 5) is 11.6. The molecule has 0 fully saturated rings.